The van der Waals surface area contributed by atoms with Gasteiger partial charge in [-0.3, -0.25) is 14.5 Å². The molecule has 2 saturated heterocycles. The summed E-state index contributed by atoms with van der Waals surface area (Å²) in [4.78, 5) is 30.3. The summed E-state index contributed by atoms with van der Waals surface area (Å²) in [5.41, 5.74) is 2.82. The highest BCUT2D eigenvalue weighted by Gasteiger charge is 2.30. The molecule has 178 valence electrons. The highest BCUT2D eigenvalue weighted by atomic mass is 16.5. The number of rotatable bonds is 7. The summed E-state index contributed by atoms with van der Waals surface area (Å²) in [5, 5.41) is 3.91. The SMILES string of the molecule is COCC1CCCN(C2CCN(C(=O)c3ccc(C(=O)Cc4c(C)noc4C)cc3)CC2)C1. The van der Waals surface area contributed by atoms with Gasteiger partial charge in [0.05, 0.1) is 12.3 Å². The normalized spacial score (nSPS) is 20.2. The van der Waals surface area contributed by atoms with E-state index < -0.39 is 0 Å². The van der Waals surface area contributed by atoms with Crippen molar-refractivity contribution in [3.05, 3.63) is 52.4 Å². The molecule has 4 rings (SSSR count). The van der Waals surface area contributed by atoms with Gasteiger partial charge in [-0.05, 0) is 64.1 Å². The molecule has 1 atom stereocenters. The fourth-order valence-electron chi connectivity index (χ4n) is 5.23. The molecule has 0 spiro atoms. The predicted octanol–water partition coefficient (Wildman–Crippen LogP) is 3.68. The van der Waals surface area contributed by atoms with E-state index in [1.54, 1.807) is 31.4 Å². The molecule has 0 N–H and O–H groups in total. The van der Waals surface area contributed by atoms with Crippen LogP contribution < -0.4 is 0 Å². The van der Waals surface area contributed by atoms with Crippen LogP contribution in [0.2, 0.25) is 0 Å². The zero-order valence-corrected chi connectivity index (χ0v) is 20.0. The van der Waals surface area contributed by atoms with Crippen molar-refractivity contribution < 1.29 is 18.8 Å². The number of Topliss-reactive ketones (excluding diaryl/α,β-unsaturated/α-hetero) is 1. The Balaban J connectivity index is 1.30. The van der Waals surface area contributed by atoms with E-state index in [1.165, 1.54) is 12.8 Å². The topological polar surface area (TPSA) is 75.9 Å². The van der Waals surface area contributed by atoms with Gasteiger partial charge in [-0.2, -0.15) is 0 Å². The van der Waals surface area contributed by atoms with E-state index in [1.807, 2.05) is 18.7 Å². The van der Waals surface area contributed by atoms with E-state index in [4.69, 9.17) is 9.26 Å². The summed E-state index contributed by atoms with van der Waals surface area (Å²) in [6, 6.07) is 7.61. The predicted molar refractivity (Wildman–Crippen MR) is 126 cm³/mol. The van der Waals surface area contributed by atoms with E-state index in [9.17, 15) is 9.59 Å². The number of hydrogen-bond donors (Lipinski definition) is 0. The van der Waals surface area contributed by atoms with Gasteiger partial charge in [0.25, 0.3) is 5.91 Å². The van der Waals surface area contributed by atoms with Crippen molar-refractivity contribution in [2.75, 3.05) is 39.9 Å². The summed E-state index contributed by atoms with van der Waals surface area (Å²) < 4.78 is 10.5. The van der Waals surface area contributed by atoms with Gasteiger partial charge in [0.2, 0.25) is 0 Å². The highest BCUT2D eigenvalue weighted by molar-refractivity contribution is 5.99. The Morgan fingerprint density at radius 3 is 2.39 bits per heavy atom. The molecule has 7 heteroatoms. The van der Waals surface area contributed by atoms with Crippen LogP contribution in [0.5, 0.6) is 0 Å². The zero-order valence-electron chi connectivity index (χ0n) is 20.0. The molecule has 3 heterocycles. The first kappa shape index (κ1) is 23.6. The molecule has 0 saturated carbocycles. The van der Waals surface area contributed by atoms with E-state index in [0.29, 0.717) is 28.8 Å². The molecule has 1 aromatic heterocycles. The quantitative estimate of drug-likeness (QED) is 0.596. The average Bonchev–Trinajstić information content (AvgIpc) is 3.16. The molecule has 2 aromatic rings. The third kappa shape index (κ3) is 5.53. The summed E-state index contributed by atoms with van der Waals surface area (Å²) in [5.74, 6) is 1.35. The summed E-state index contributed by atoms with van der Waals surface area (Å²) >= 11 is 0. The van der Waals surface area contributed by atoms with Gasteiger partial charge in [-0.1, -0.05) is 17.3 Å². The van der Waals surface area contributed by atoms with Crippen molar-refractivity contribution >= 4 is 11.7 Å². The minimum Gasteiger partial charge on any atom is -0.384 e. The molecule has 33 heavy (non-hydrogen) atoms. The molecule has 7 nitrogen and oxygen atoms in total. The average molecular weight is 454 g/mol. The maximum atomic E-state index is 13.0. The van der Waals surface area contributed by atoms with Crippen LogP contribution in [0, 0.1) is 19.8 Å². The van der Waals surface area contributed by atoms with Crippen LogP contribution in [-0.2, 0) is 11.2 Å². The van der Waals surface area contributed by atoms with Crippen LogP contribution in [0.3, 0.4) is 0 Å². The summed E-state index contributed by atoms with van der Waals surface area (Å²) in [6.07, 6.45) is 4.76. The molecule has 1 amide bonds. The maximum Gasteiger partial charge on any atom is 0.253 e. The van der Waals surface area contributed by atoms with Crippen LogP contribution in [0.25, 0.3) is 0 Å². The third-order valence-electron chi connectivity index (χ3n) is 7.19. The van der Waals surface area contributed by atoms with Crippen molar-refractivity contribution in [3.8, 4) is 0 Å². The van der Waals surface area contributed by atoms with Crippen molar-refractivity contribution in [2.45, 2.75) is 52.0 Å². The van der Waals surface area contributed by atoms with Crippen LogP contribution in [-0.4, -0.2) is 72.6 Å². The fraction of sp³-hybridized carbons (Fsp3) is 0.577. The molecule has 2 aliphatic rings. The Morgan fingerprint density at radius 1 is 1.06 bits per heavy atom. The van der Waals surface area contributed by atoms with E-state index in [0.717, 1.165) is 56.9 Å². The highest BCUT2D eigenvalue weighted by Crippen LogP contribution is 2.25. The molecule has 2 aliphatic heterocycles. The first-order valence-electron chi connectivity index (χ1n) is 12.0. The van der Waals surface area contributed by atoms with Crippen molar-refractivity contribution in [2.24, 2.45) is 5.92 Å². The number of aromatic nitrogens is 1. The van der Waals surface area contributed by atoms with Gasteiger partial charge in [0.15, 0.2) is 5.78 Å². The second kappa shape index (κ2) is 10.6. The van der Waals surface area contributed by atoms with Crippen LogP contribution in [0.15, 0.2) is 28.8 Å². The lowest BCUT2D eigenvalue weighted by atomic mass is 9.94. The number of aryl methyl sites for hydroxylation is 2. The second-order valence-electron chi connectivity index (χ2n) is 9.46. The largest absolute Gasteiger partial charge is 0.384 e. The summed E-state index contributed by atoms with van der Waals surface area (Å²) in [6.45, 7) is 8.32. The molecule has 0 radical (unpaired) electrons. The molecule has 0 aliphatic carbocycles. The number of nitrogens with zero attached hydrogens (tertiary/aromatic N) is 3. The minimum atomic E-state index is -0.00229. The van der Waals surface area contributed by atoms with Gasteiger partial charge in [-0.25, -0.2) is 0 Å². The number of ketones is 1. The molecule has 0 bridgehead atoms. The van der Waals surface area contributed by atoms with Gasteiger partial charge in [0.1, 0.15) is 5.76 Å². The Kier molecular flexibility index (Phi) is 7.60. The molecule has 2 fully saturated rings. The van der Waals surface area contributed by atoms with Gasteiger partial charge < -0.3 is 14.2 Å². The second-order valence-corrected chi connectivity index (χ2v) is 9.46. The Morgan fingerprint density at radius 2 is 1.76 bits per heavy atom. The Hall–Kier alpha value is -2.51. The number of carbonyl (C=O) groups excluding carboxylic acids is 2. The van der Waals surface area contributed by atoms with Crippen LogP contribution in [0.4, 0.5) is 0 Å². The number of carbonyl (C=O) groups is 2. The third-order valence-corrected chi connectivity index (χ3v) is 7.19. The number of methoxy groups -OCH3 is 1. The van der Waals surface area contributed by atoms with E-state index >= 15 is 0 Å². The number of benzene rings is 1. The Labute approximate surface area is 196 Å². The monoisotopic (exact) mass is 453 g/mol. The summed E-state index contributed by atoms with van der Waals surface area (Å²) in [7, 11) is 1.78. The number of likely N-dealkylation sites (tertiary alicyclic amines) is 2. The smallest absolute Gasteiger partial charge is 0.253 e. The molecular formula is C26H35N3O4. The number of ether oxygens (including phenoxy) is 1. The molecular weight excluding hydrogens is 418 g/mol. The lowest BCUT2D eigenvalue weighted by Crippen LogP contribution is -2.50. The van der Waals surface area contributed by atoms with Crippen molar-refractivity contribution in [1.29, 1.82) is 0 Å². The van der Waals surface area contributed by atoms with Crippen LogP contribution in [0.1, 0.15) is 63.4 Å². The first-order valence-corrected chi connectivity index (χ1v) is 12.0. The minimum absolute atomic E-state index is 0.00229. The zero-order chi connectivity index (χ0) is 23.4. The number of hydrogen-bond acceptors (Lipinski definition) is 6. The van der Waals surface area contributed by atoms with Gasteiger partial charge in [0, 0.05) is 55.9 Å². The standard InChI is InChI=1S/C26H35N3O4/c1-18-24(19(2)33-27-18)15-25(30)21-6-8-22(9-7-21)26(31)28-13-10-23(11-14-28)29-12-4-5-20(16-29)17-32-3/h6-9,20,23H,4-5,10-17H2,1-3H3. The lowest BCUT2D eigenvalue weighted by molar-refractivity contribution is 0.0390. The van der Waals surface area contributed by atoms with Gasteiger partial charge >= 0.3 is 0 Å². The fourth-order valence-corrected chi connectivity index (χ4v) is 5.23. The Bertz CT molecular complexity index is 939. The number of piperidine rings is 2. The number of amides is 1. The lowest BCUT2D eigenvalue weighted by Gasteiger charge is -2.42. The maximum absolute atomic E-state index is 13.0. The van der Waals surface area contributed by atoms with Crippen molar-refractivity contribution in [3.63, 3.8) is 0 Å². The molecule has 1 unspecified atom stereocenters. The van der Waals surface area contributed by atoms with Crippen molar-refractivity contribution in [1.82, 2.24) is 15.0 Å². The van der Waals surface area contributed by atoms with E-state index in [2.05, 4.69) is 10.1 Å². The van der Waals surface area contributed by atoms with Crippen LogP contribution >= 0.6 is 0 Å². The van der Waals surface area contributed by atoms with Gasteiger partial charge in [-0.15, -0.1) is 0 Å². The molecule has 1 aromatic carbocycles. The van der Waals surface area contributed by atoms with E-state index in [-0.39, 0.29) is 18.1 Å². The first-order chi connectivity index (χ1) is 16.0.